The van der Waals surface area contributed by atoms with Crippen LogP contribution >= 0.6 is 10.8 Å². The Bertz CT molecular complexity index is 97.7. The van der Waals surface area contributed by atoms with E-state index in [1.165, 1.54) is 0 Å². The Morgan fingerprint density at radius 1 is 1.30 bits per heavy atom. The van der Waals surface area contributed by atoms with Crippen LogP contribution in [0.4, 0.5) is 0 Å². The molecular formula is C6H17NO2S. The highest BCUT2D eigenvalue weighted by Gasteiger charge is 2.24. The maximum atomic E-state index is 9.03. The highest BCUT2D eigenvalue weighted by molar-refractivity contribution is 8.22. The first-order valence-electron chi connectivity index (χ1n) is 3.60. The summed E-state index contributed by atoms with van der Waals surface area (Å²) in [5.41, 5.74) is 0. The standard InChI is InChI=1S/C4H11NO2S.C2H6/c1-5-3-2-4-8(5,6)7;1-2/h6-7H,2-4H2,1H3;1-2H3. The van der Waals surface area contributed by atoms with Crippen molar-refractivity contribution in [2.24, 2.45) is 0 Å². The van der Waals surface area contributed by atoms with E-state index in [0.29, 0.717) is 5.75 Å². The van der Waals surface area contributed by atoms with Gasteiger partial charge in [-0.2, -0.15) is 0 Å². The zero-order valence-corrected chi connectivity index (χ0v) is 7.69. The van der Waals surface area contributed by atoms with Crippen molar-refractivity contribution in [1.82, 2.24) is 4.31 Å². The summed E-state index contributed by atoms with van der Waals surface area (Å²) >= 11 is 0. The topological polar surface area (TPSA) is 43.7 Å². The molecule has 0 unspecified atom stereocenters. The summed E-state index contributed by atoms with van der Waals surface area (Å²) in [7, 11) is -0.553. The molecule has 1 aliphatic rings. The molecule has 4 heteroatoms. The zero-order valence-electron chi connectivity index (χ0n) is 6.87. The van der Waals surface area contributed by atoms with Gasteiger partial charge in [-0.3, -0.25) is 9.11 Å². The van der Waals surface area contributed by atoms with Crippen molar-refractivity contribution >= 4 is 10.8 Å². The van der Waals surface area contributed by atoms with E-state index in [4.69, 9.17) is 9.11 Å². The first-order valence-corrected chi connectivity index (χ1v) is 5.27. The van der Waals surface area contributed by atoms with Gasteiger partial charge in [0.1, 0.15) is 0 Å². The lowest BCUT2D eigenvalue weighted by Gasteiger charge is -2.33. The summed E-state index contributed by atoms with van der Waals surface area (Å²) in [5, 5.41) is 0. The molecule has 2 N–H and O–H groups in total. The van der Waals surface area contributed by atoms with Crippen LogP contribution in [0, 0.1) is 0 Å². The number of hydrogen-bond acceptors (Lipinski definition) is 3. The van der Waals surface area contributed by atoms with E-state index >= 15 is 0 Å². The van der Waals surface area contributed by atoms with Gasteiger partial charge in [-0.05, 0) is 6.42 Å². The van der Waals surface area contributed by atoms with Crippen molar-refractivity contribution in [3.63, 3.8) is 0 Å². The summed E-state index contributed by atoms with van der Waals surface area (Å²) in [6.45, 7) is 4.82. The molecule has 1 saturated heterocycles. The van der Waals surface area contributed by atoms with Gasteiger partial charge in [-0.25, -0.2) is 4.31 Å². The number of rotatable bonds is 0. The largest absolute Gasteiger partial charge is 0.285 e. The minimum absolute atomic E-state index is 0.559. The molecule has 3 nitrogen and oxygen atoms in total. The molecule has 1 fully saturated rings. The Balaban J connectivity index is 0.000000371. The lowest BCUT2D eigenvalue weighted by molar-refractivity contribution is 0.415. The smallest absolute Gasteiger partial charge is 0.0543 e. The maximum Gasteiger partial charge on any atom is 0.0543 e. The molecule has 0 bridgehead atoms. The van der Waals surface area contributed by atoms with Crippen LogP contribution in [0.3, 0.4) is 0 Å². The van der Waals surface area contributed by atoms with Gasteiger partial charge in [0.05, 0.1) is 5.75 Å². The van der Waals surface area contributed by atoms with Crippen LogP contribution in [0.2, 0.25) is 0 Å². The Kier molecular flexibility index (Phi) is 4.28. The number of nitrogens with zero attached hydrogens (tertiary/aromatic N) is 1. The average molecular weight is 167 g/mol. The third-order valence-electron chi connectivity index (χ3n) is 1.39. The highest BCUT2D eigenvalue weighted by atomic mass is 32.3. The Morgan fingerprint density at radius 3 is 1.90 bits per heavy atom. The third kappa shape index (κ3) is 2.46. The fourth-order valence-electron chi connectivity index (χ4n) is 0.783. The first kappa shape index (κ1) is 10.2. The Morgan fingerprint density at radius 2 is 1.80 bits per heavy atom. The first-order chi connectivity index (χ1) is 4.63. The minimum Gasteiger partial charge on any atom is -0.285 e. The Hall–Kier alpha value is 0.230. The van der Waals surface area contributed by atoms with Crippen LogP contribution in [0.5, 0.6) is 0 Å². The van der Waals surface area contributed by atoms with E-state index in [1.54, 1.807) is 11.4 Å². The van der Waals surface area contributed by atoms with E-state index < -0.39 is 10.8 Å². The van der Waals surface area contributed by atoms with E-state index in [0.717, 1.165) is 13.0 Å². The van der Waals surface area contributed by atoms with E-state index in [9.17, 15) is 0 Å². The molecule has 1 rings (SSSR count). The molecule has 64 valence electrons. The van der Waals surface area contributed by atoms with Gasteiger partial charge in [0.25, 0.3) is 0 Å². The maximum absolute atomic E-state index is 9.03. The van der Waals surface area contributed by atoms with Gasteiger partial charge in [0.2, 0.25) is 0 Å². The molecule has 0 spiro atoms. The minimum atomic E-state index is -2.29. The summed E-state index contributed by atoms with van der Waals surface area (Å²) in [6.07, 6.45) is 0.916. The summed E-state index contributed by atoms with van der Waals surface area (Å²) < 4.78 is 19.7. The fraction of sp³-hybridized carbons (Fsp3) is 1.00. The molecule has 0 aromatic rings. The van der Waals surface area contributed by atoms with Crippen LogP contribution in [0.1, 0.15) is 20.3 Å². The monoisotopic (exact) mass is 167 g/mol. The molecule has 0 amide bonds. The third-order valence-corrected chi connectivity index (χ3v) is 3.41. The molecule has 1 heterocycles. The van der Waals surface area contributed by atoms with Crippen LogP contribution in [-0.2, 0) is 0 Å². The van der Waals surface area contributed by atoms with Gasteiger partial charge in [-0.1, -0.05) is 13.8 Å². The van der Waals surface area contributed by atoms with E-state index in [1.807, 2.05) is 13.8 Å². The fourth-order valence-corrected chi connectivity index (χ4v) is 2.03. The predicted octanol–water partition coefficient (Wildman–Crippen LogP) is 2.01. The van der Waals surface area contributed by atoms with Gasteiger partial charge < -0.3 is 0 Å². The van der Waals surface area contributed by atoms with Crippen molar-refractivity contribution in [3.8, 4) is 0 Å². The lowest BCUT2D eigenvalue weighted by atomic mass is 10.5. The van der Waals surface area contributed by atoms with E-state index in [2.05, 4.69) is 0 Å². The van der Waals surface area contributed by atoms with Crippen LogP contribution in [-0.4, -0.2) is 32.8 Å². The second kappa shape index (κ2) is 4.18. The molecule has 0 radical (unpaired) electrons. The van der Waals surface area contributed by atoms with Crippen molar-refractivity contribution in [3.05, 3.63) is 0 Å². The summed E-state index contributed by atoms with van der Waals surface area (Å²) in [4.78, 5) is 0. The highest BCUT2D eigenvalue weighted by Crippen LogP contribution is 2.46. The molecule has 0 saturated carbocycles. The molecule has 0 aromatic heterocycles. The molecule has 0 aromatic carbocycles. The molecule has 1 aliphatic heterocycles. The van der Waals surface area contributed by atoms with E-state index in [-0.39, 0.29) is 0 Å². The summed E-state index contributed by atoms with van der Waals surface area (Å²) in [5.74, 6) is 0.559. The van der Waals surface area contributed by atoms with Crippen molar-refractivity contribution in [1.29, 1.82) is 0 Å². The SMILES string of the molecule is CC.CN1CCCS1(O)O. The summed E-state index contributed by atoms with van der Waals surface area (Å²) in [6, 6.07) is 0. The zero-order chi connectivity index (χ0) is 8.20. The van der Waals surface area contributed by atoms with Crippen LogP contribution < -0.4 is 0 Å². The quantitative estimate of drug-likeness (QED) is 0.580. The lowest BCUT2D eigenvalue weighted by Crippen LogP contribution is -2.16. The predicted molar refractivity (Wildman–Crippen MR) is 46.3 cm³/mol. The molecule has 10 heavy (non-hydrogen) atoms. The van der Waals surface area contributed by atoms with Crippen molar-refractivity contribution in [2.75, 3.05) is 19.3 Å². The normalized spacial score (nSPS) is 26.9. The van der Waals surface area contributed by atoms with Crippen LogP contribution in [0.25, 0.3) is 0 Å². The second-order valence-corrected chi connectivity index (χ2v) is 4.34. The Labute approximate surface area is 64.5 Å². The van der Waals surface area contributed by atoms with Crippen molar-refractivity contribution in [2.45, 2.75) is 20.3 Å². The van der Waals surface area contributed by atoms with Gasteiger partial charge in [0.15, 0.2) is 0 Å². The van der Waals surface area contributed by atoms with Gasteiger partial charge >= 0.3 is 0 Å². The molecular weight excluding hydrogens is 150 g/mol. The second-order valence-electron chi connectivity index (χ2n) is 2.04. The van der Waals surface area contributed by atoms with Crippen molar-refractivity contribution < 1.29 is 9.11 Å². The number of hydrogen-bond donors (Lipinski definition) is 2. The average Bonchev–Trinajstić information content (AvgIpc) is 2.17. The van der Waals surface area contributed by atoms with Gasteiger partial charge in [-0.15, -0.1) is 10.8 Å². The molecule has 0 atom stereocenters. The molecule has 0 aliphatic carbocycles. The van der Waals surface area contributed by atoms with Crippen LogP contribution in [0.15, 0.2) is 0 Å². The van der Waals surface area contributed by atoms with Gasteiger partial charge in [0, 0.05) is 13.6 Å².